The Labute approximate surface area is 116 Å². The van der Waals surface area contributed by atoms with E-state index in [2.05, 4.69) is 23.4 Å². The molecule has 0 N–H and O–H groups in total. The lowest BCUT2D eigenvalue weighted by atomic mass is 9.99. The summed E-state index contributed by atoms with van der Waals surface area (Å²) in [5, 5.41) is 4.77. The Morgan fingerprint density at radius 2 is 2.11 bits per heavy atom. The van der Waals surface area contributed by atoms with Crippen molar-refractivity contribution in [2.75, 3.05) is 13.1 Å². The lowest BCUT2D eigenvalue weighted by Gasteiger charge is -2.34. The van der Waals surface area contributed by atoms with E-state index in [0.29, 0.717) is 12.1 Å². The number of hydrogen-bond donors (Lipinski definition) is 0. The molecule has 19 heavy (non-hydrogen) atoms. The van der Waals surface area contributed by atoms with Crippen molar-refractivity contribution in [3.63, 3.8) is 0 Å². The van der Waals surface area contributed by atoms with Crippen LogP contribution in [0.4, 0.5) is 0 Å². The minimum atomic E-state index is 0.540. The predicted molar refractivity (Wildman–Crippen MR) is 76.3 cm³/mol. The Bertz CT molecular complexity index is 426. The maximum Gasteiger partial charge on any atom is 0.152 e. The standard InChI is InChI=1S/C15H26N4/c1-3-18-10-5-4-8-13(18)11-14-16-15-9-6-7-12(2)19(15)17-14/h12-13H,3-11H2,1-2H3. The van der Waals surface area contributed by atoms with Crippen LogP contribution in [0.5, 0.6) is 0 Å². The fourth-order valence-corrected chi connectivity index (χ4v) is 3.61. The highest BCUT2D eigenvalue weighted by Crippen LogP contribution is 2.24. The smallest absolute Gasteiger partial charge is 0.152 e. The van der Waals surface area contributed by atoms with Crippen LogP contribution >= 0.6 is 0 Å². The number of piperidine rings is 1. The van der Waals surface area contributed by atoms with Gasteiger partial charge in [0.05, 0.1) is 6.04 Å². The first-order valence-electron chi connectivity index (χ1n) is 7.96. The quantitative estimate of drug-likeness (QED) is 0.839. The molecule has 3 heterocycles. The van der Waals surface area contributed by atoms with Crippen LogP contribution in [0, 0.1) is 0 Å². The molecule has 1 aromatic rings. The SMILES string of the molecule is CCN1CCCCC1Cc1nc2n(n1)C(C)CCC2. The Kier molecular flexibility index (Phi) is 3.87. The average Bonchev–Trinajstić information content (AvgIpc) is 2.83. The van der Waals surface area contributed by atoms with Gasteiger partial charge in [0.1, 0.15) is 5.82 Å². The zero-order valence-electron chi connectivity index (χ0n) is 12.3. The van der Waals surface area contributed by atoms with Gasteiger partial charge in [0.2, 0.25) is 0 Å². The average molecular weight is 262 g/mol. The fraction of sp³-hybridized carbons (Fsp3) is 0.867. The molecule has 4 nitrogen and oxygen atoms in total. The van der Waals surface area contributed by atoms with E-state index in [1.54, 1.807) is 0 Å². The molecule has 1 aromatic heterocycles. The van der Waals surface area contributed by atoms with Crippen molar-refractivity contribution < 1.29 is 0 Å². The van der Waals surface area contributed by atoms with E-state index >= 15 is 0 Å². The second kappa shape index (κ2) is 5.61. The van der Waals surface area contributed by atoms with Crippen LogP contribution in [0.1, 0.15) is 63.6 Å². The van der Waals surface area contributed by atoms with Crippen molar-refractivity contribution in [2.24, 2.45) is 0 Å². The van der Waals surface area contributed by atoms with Crippen LogP contribution in [0.25, 0.3) is 0 Å². The molecule has 0 radical (unpaired) electrons. The summed E-state index contributed by atoms with van der Waals surface area (Å²) in [6.07, 6.45) is 8.71. The van der Waals surface area contributed by atoms with Crippen LogP contribution < -0.4 is 0 Å². The lowest BCUT2D eigenvalue weighted by molar-refractivity contribution is 0.153. The molecule has 1 fully saturated rings. The highest BCUT2D eigenvalue weighted by molar-refractivity contribution is 5.00. The zero-order valence-corrected chi connectivity index (χ0v) is 12.3. The Balaban J connectivity index is 1.72. The third kappa shape index (κ3) is 2.69. The minimum absolute atomic E-state index is 0.540. The summed E-state index contributed by atoms with van der Waals surface area (Å²) >= 11 is 0. The first kappa shape index (κ1) is 13.1. The van der Waals surface area contributed by atoms with Gasteiger partial charge in [-0.25, -0.2) is 9.67 Å². The van der Waals surface area contributed by atoms with Crippen LogP contribution in [-0.4, -0.2) is 38.8 Å². The number of likely N-dealkylation sites (tertiary alicyclic amines) is 1. The Morgan fingerprint density at radius 1 is 1.21 bits per heavy atom. The van der Waals surface area contributed by atoms with Gasteiger partial charge in [-0.1, -0.05) is 13.3 Å². The van der Waals surface area contributed by atoms with Crippen molar-refractivity contribution in [1.29, 1.82) is 0 Å². The van der Waals surface area contributed by atoms with Gasteiger partial charge < -0.3 is 4.90 Å². The highest BCUT2D eigenvalue weighted by atomic mass is 15.4. The van der Waals surface area contributed by atoms with Gasteiger partial charge in [0, 0.05) is 18.9 Å². The molecule has 106 valence electrons. The van der Waals surface area contributed by atoms with Gasteiger partial charge in [-0.2, -0.15) is 5.10 Å². The third-order valence-corrected chi connectivity index (χ3v) is 4.76. The van der Waals surface area contributed by atoms with Gasteiger partial charge in [0.25, 0.3) is 0 Å². The topological polar surface area (TPSA) is 34.0 Å². The van der Waals surface area contributed by atoms with Gasteiger partial charge >= 0.3 is 0 Å². The second-order valence-corrected chi connectivity index (χ2v) is 6.11. The number of fused-ring (bicyclic) bond motifs is 1. The summed E-state index contributed by atoms with van der Waals surface area (Å²) in [7, 11) is 0. The Hall–Kier alpha value is -0.900. The van der Waals surface area contributed by atoms with Crippen LogP contribution in [0.15, 0.2) is 0 Å². The number of hydrogen-bond acceptors (Lipinski definition) is 3. The summed E-state index contributed by atoms with van der Waals surface area (Å²) in [6, 6.07) is 1.21. The van der Waals surface area contributed by atoms with Crippen molar-refractivity contribution in [3.8, 4) is 0 Å². The molecular formula is C15H26N4. The van der Waals surface area contributed by atoms with Crippen molar-refractivity contribution >= 4 is 0 Å². The molecule has 0 spiro atoms. The maximum absolute atomic E-state index is 4.79. The molecule has 4 heteroatoms. The first-order chi connectivity index (χ1) is 9.28. The van der Waals surface area contributed by atoms with E-state index < -0.39 is 0 Å². The molecule has 2 atom stereocenters. The molecule has 1 saturated heterocycles. The van der Waals surface area contributed by atoms with E-state index in [-0.39, 0.29) is 0 Å². The highest BCUT2D eigenvalue weighted by Gasteiger charge is 2.25. The molecule has 2 aliphatic heterocycles. The molecule has 0 amide bonds. The molecule has 0 saturated carbocycles. The fourth-order valence-electron chi connectivity index (χ4n) is 3.61. The van der Waals surface area contributed by atoms with E-state index in [1.165, 1.54) is 44.5 Å². The molecule has 0 aromatic carbocycles. The van der Waals surface area contributed by atoms with Crippen LogP contribution in [0.3, 0.4) is 0 Å². The number of aryl methyl sites for hydroxylation is 1. The number of nitrogens with zero attached hydrogens (tertiary/aromatic N) is 4. The summed E-state index contributed by atoms with van der Waals surface area (Å²) in [5.41, 5.74) is 0. The van der Waals surface area contributed by atoms with Gasteiger partial charge in [-0.3, -0.25) is 0 Å². The van der Waals surface area contributed by atoms with Crippen molar-refractivity contribution in [1.82, 2.24) is 19.7 Å². The molecular weight excluding hydrogens is 236 g/mol. The largest absolute Gasteiger partial charge is 0.300 e. The van der Waals surface area contributed by atoms with Gasteiger partial charge in [-0.05, 0) is 45.7 Å². The molecule has 2 unspecified atom stereocenters. The van der Waals surface area contributed by atoms with Crippen LogP contribution in [-0.2, 0) is 12.8 Å². The number of likely N-dealkylation sites (N-methyl/N-ethyl adjacent to an activating group) is 1. The lowest BCUT2D eigenvalue weighted by Crippen LogP contribution is -2.40. The normalized spacial score (nSPS) is 28.3. The number of aromatic nitrogens is 3. The summed E-state index contributed by atoms with van der Waals surface area (Å²) in [6.45, 7) is 6.95. The second-order valence-electron chi connectivity index (χ2n) is 6.11. The monoisotopic (exact) mass is 262 g/mol. The molecule has 2 aliphatic rings. The Morgan fingerprint density at radius 3 is 2.89 bits per heavy atom. The van der Waals surface area contributed by atoms with Crippen LogP contribution in [0.2, 0.25) is 0 Å². The van der Waals surface area contributed by atoms with Crippen molar-refractivity contribution in [2.45, 2.75) is 70.9 Å². The first-order valence-corrected chi connectivity index (χ1v) is 7.96. The van der Waals surface area contributed by atoms with Gasteiger partial charge in [0.15, 0.2) is 5.82 Å². The van der Waals surface area contributed by atoms with Gasteiger partial charge in [-0.15, -0.1) is 0 Å². The minimum Gasteiger partial charge on any atom is -0.300 e. The summed E-state index contributed by atoms with van der Waals surface area (Å²) in [5.74, 6) is 2.29. The predicted octanol–water partition coefficient (Wildman–Crippen LogP) is 2.59. The van der Waals surface area contributed by atoms with Crippen molar-refractivity contribution in [3.05, 3.63) is 11.6 Å². The zero-order chi connectivity index (χ0) is 13.2. The van der Waals surface area contributed by atoms with E-state index in [9.17, 15) is 0 Å². The van der Waals surface area contributed by atoms with E-state index in [0.717, 1.165) is 25.2 Å². The maximum atomic E-state index is 4.79. The summed E-state index contributed by atoms with van der Waals surface area (Å²) in [4.78, 5) is 7.39. The van der Waals surface area contributed by atoms with E-state index in [1.807, 2.05) is 0 Å². The third-order valence-electron chi connectivity index (χ3n) is 4.76. The molecule has 0 aliphatic carbocycles. The van der Waals surface area contributed by atoms with E-state index in [4.69, 9.17) is 10.1 Å². The molecule has 0 bridgehead atoms. The number of rotatable bonds is 3. The summed E-state index contributed by atoms with van der Waals surface area (Å²) < 4.78 is 2.18. The molecule has 3 rings (SSSR count).